The SMILES string of the molecule is CNC(=O)c1cc(S(=O)(=O)N2CCCO2)cn1C. The van der Waals surface area contributed by atoms with Gasteiger partial charge in [-0.15, -0.1) is 0 Å². The zero-order chi connectivity index (χ0) is 13.3. The van der Waals surface area contributed by atoms with Gasteiger partial charge in [-0.05, 0) is 12.5 Å². The van der Waals surface area contributed by atoms with E-state index in [9.17, 15) is 13.2 Å². The minimum atomic E-state index is -3.67. The Morgan fingerprint density at radius 1 is 1.50 bits per heavy atom. The largest absolute Gasteiger partial charge is 0.354 e. The summed E-state index contributed by atoms with van der Waals surface area (Å²) in [6, 6.07) is 1.34. The molecular weight excluding hydrogens is 258 g/mol. The molecule has 0 aliphatic carbocycles. The van der Waals surface area contributed by atoms with Gasteiger partial charge in [-0.1, -0.05) is 4.47 Å². The van der Waals surface area contributed by atoms with Crippen LogP contribution < -0.4 is 5.32 Å². The molecule has 8 heteroatoms. The number of nitrogens with one attached hydrogen (secondary N) is 1. The highest BCUT2D eigenvalue weighted by Gasteiger charge is 2.30. The lowest BCUT2D eigenvalue weighted by atomic mass is 10.4. The van der Waals surface area contributed by atoms with Gasteiger partial charge in [0, 0.05) is 26.8 Å². The highest BCUT2D eigenvalue weighted by Crippen LogP contribution is 2.21. The molecule has 2 rings (SSSR count). The Morgan fingerprint density at radius 2 is 2.22 bits per heavy atom. The molecule has 0 saturated carbocycles. The lowest BCUT2D eigenvalue weighted by molar-refractivity contribution is -0.0284. The van der Waals surface area contributed by atoms with Crippen LogP contribution in [-0.4, -0.2) is 43.6 Å². The number of sulfonamides is 1. The zero-order valence-electron chi connectivity index (χ0n) is 10.2. The van der Waals surface area contributed by atoms with Crippen LogP contribution in [0.1, 0.15) is 16.9 Å². The van der Waals surface area contributed by atoms with Gasteiger partial charge in [-0.3, -0.25) is 9.63 Å². The summed E-state index contributed by atoms with van der Waals surface area (Å²) >= 11 is 0. The molecule has 0 aromatic carbocycles. The van der Waals surface area contributed by atoms with Crippen molar-refractivity contribution in [2.45, 2.75) is 11.3 Å². The third kappa shape index (κ3) is 2.14. The zero-order valence-corrected chi connectivity index (χ0v) is 11.0. The fraction of sp³-hybridized carbons (Fsp3) is 0.500. The van der Waals surface area contributed by atoms with Crippen LogP contribution in [-0.2, 0) is 21.9 Å². The summed E-state index contributed by atoms with van der Waals surface area (Å²) < 4.78 is 26.8. The van der Waals surface area contributed by atoms with E-state index >= 15 is 0 Å². The monoisotopic (exact) mass is 273 g/mol. The van der Waals surface area contributed by atoms with Crippen molar-refractivity contribution in [3.05, 3.63) is 18.0 Å². The summed E-state index contributed by atoms with van der Waals surface area (Å²) in [6.45, 7) is 0.737. The molecule has 1 saturated heterocycles. The first-order chi connectivity index (χ1) is 8.46. The number of rotatable bonds is 3. The smallest absolute Gasteiger partial charge is 0.267 e. The molecule has 1 aliphatic rings. The van der Waals surface area contributed by atoms with Gasteiger partial charge in [-0.2, -0.15) is 0 Å². The van der Waals surface area contributed by atoms with E-state index in [0.717, 1.165) is 4.47 Å². The van der Waals surface area contributed by atoms with E-state index in [4.69, 9.17) is 4.84 Å². The van der Waals surface area contributed by atoms with Crippen molar-refractivity contribution in [2.75, 3.05) is 20.2 Å². The molecular formula is C10H15N3O4S. The third-order valence-electron chi connectivity index (χ3n) is 2.73. The Morgan fingerprint density at radius 3 is 2.78 bits per heavy atom. The maximum Gasteiger partial charge on any atom is 0.267 e. The van der Waals surface area contributed by atoms with Crippen LogP contribution in [0, 0.1) is 0 Å². The molecule has 1 N–H and O–H groups in total. The van der Waals surface area contributed by atoms with E-state index in [2.05, 4.69) is 5.32 Å². The number of aryl methyl sites for hydroxylation is 1. The van der Waals surface area contributed by atoms with Crippen LogP contribution in [0.3, 0.4) is 0 Å². The van der Waals surface area contributed by atoms with E-state index in [1.54, 1.807) is 7.05 Å². The highest BCUT2D eigenvalue weighted by atomic mass is 32.2. The van der Waals surface area contributed by atoms with Gasteiger partial charge in [0.1, 0.15) is 10.6 Å². The van der Waals surface area contributed by atoms with E-state index in [1.165, 1.54) is 23.9 Å². The molecule has 0 spiro atoms. The lowest BCUT2D eigenvalue weighted by Crippen LogP contribution is -2.26. The van der Waals surface area contributed by atoms with E-state index in [0.29, 0.717) is 19.6 Å². The molecule has 1 aliphatic heterocycles. The minimum Gasteiger partial charge on any atom is -0.354 e. The molecule has 0 bridgehead atoms. The molecule has 1 fully saturated rings. The van der Waals surface area contributed by atoms with Crippen molar-refractivity contribution in [1.82, 2.24) is 14.4 Å². The van der Waals surface area contributed by atoms with Gasteiger partial charge in [0.25, 0.3) is 15.9 Å². The predicted molar refractivity (Wildman–Crippen MR) is 63.3 cm³/mol. The Labute approximate surface area is 105 Å². The van der Waals surface area contributed by atoms with Gasteiger partial charge < -0.3 is 9.88 Å². The van der Waals surface area contributed by atoms with Gasteiger partial charge in [-0.25, -0.2) is 8.42 Å². The van der Waals surface area contributed by atoms with Gasteiger partial charge >= 0.3 is 0 Å². The Bertz CT molecular complexity index is 558. The molecule has 1 aromatic rings. The summed E-state index contributed by atoms with van der Waals surface area (Å²) in [7, 11) is -0.559. The van der Waals surface area contributed by atoms with E-state index < -0.39 is 10.0 Å². The molecule has 18 heavy (non-hydrogen) atoms. The number of nitrogens with zero attached hydrogens (tertiary/aromatic N) is 2. The number of hydroxylamine groups is 1. The third-order valence-corrected chi connectivity index (χ3v) is 4.37. The van der Waals surface area contributed by atoms with Crippen molar-refractivity contribution < 1.29 is 18.0 Å². The standard InChI is InChI=1S/C10H15N3O4S/c1-11-10(14)9-6-8(7-12(9)2)18(15,16)13-4-3-5-17-13/h6-7H,3-5H2,1-2H3,(H,11,14). The normalized spacial score (nSPS) is 17.0. The average molecular weight is 273 g/mol. The average Bonchev–Trinajstić information content (AvgIpc) is 2.97. The van der Waals surface area contributed by atoms with Crippen molar-refractivity contribution in [1.29, 1.82) is 0 Å². The van der Waals surface area contributed by atoms with Crippen molar-refractivity contribution in [3.8, 4) is 0 Å². The second-order valence-electron chi connectivity index (χ2n) is 3.97. The van der Waals surface area contributed by atoms with E-state index in [-0.39, 0.29) is 16.5 Å². The fourth-order valence-electron chi connectivity index (χ4n) is 1.76. The molecule has 1 amide bonds. The van der Waals surface area contributed by atoms with Gasteiger partial charge in [0.2, 0.25) is 0 Å². The predicted octanol–water partition coefficient (Wildman–Crippen LogP) is -0.289. The quantitative estimate of drug-likeness (QED) is 0.820. The van der Waals surface area contributed by atoms with Crippen LogP contribution in [0.2, 0.25) is 0 Å². The van der Waals surface area contributed by atoms with Crippen LogP contribution in [0.25, 0.3) is 0 Å². The van der Waals surface area contributed by atoms with Crippen molar-refractivity contribution in [3.63, 3.8) is 0 Å². The van der Waals surface area contributed by atoms with Gasteiger partial charge in [0.15, 0.2) is 0 Å². The van der Waals surface area contributed by atoms with Crippen LogP contribution >= 0.6 is 0 Å². The first-order valence-corrected chi connectivity index (χ1v) is 6.95. The number of carbonyl (C=O) groups excluding carboxylic acids is 1. The molecule has 100 valence electrons. The highest BCUT2D eigenvalue weighted by molar-refractivity contribution is 7.89. The number of aromatic nitrogens is 1. The van der Waals surface area contributed by atoms with Crippen LogP contribution in [0.5, 0.6) is 0 Å². The fourth-order valence-corrected chi connectivity index (χ4v) is 3.13. The summed E-state index contributed by atoms with van der Waals surface area (Å²) in [5.74, 6) is -0.332. The molecule has 0 unspecified atom stereocenters. The summed E-state index contributed by atoms with van der Waals surface area (Å²) in [6.07, 6.45) is 2.08. The van der Waals surface area contributed by atoms with Crippen LogP contribution in [0.4, 0.5) is 0 Å². The Balaban J connectivity index is 2.37. The van der Waals surface area contributed by atoms with Crippen molar-refractivity contribution in [2.24, 2.45) is 7.05 Å². The maximum atomic E-state index is 12.2. The first kappa shape index (κ1) is 13.1. The molecule has 2 heterocycles. The number of carbonyl (C=O) groups is 1. The maximum absolute atomic E-state index is 12.2. The van der Waals surface area contributed by atoms with Crippen molar-refractivity contribution >= 4 is 15.9 Å². The molecule has 0 atom stereocenters. The summed E-state index contributed by atoms with van der Waals surface area (Å²) in [5, 5.41) is 2.46. The second kappa shape index (κ2) is 4.71. The number of amides is 1. The lowest BCUT2D eigenvalue weighted by Gasteiger charge is -2.12. The number of hydrogen-bond donors (Lipinski definition) is 1. The molecule has 7 nitrogen and oxygen atoms in total. The second-order valence-corrected chi connectivity index (χ2v) is 5.80. The summed E-state index contributed by atoms with van der Waals surface area (Å²) in [4.78, 5) is 16.6. The van der Waals surface area contributed by atoms with Gasteiger partial charge in [0.05, 0.1) is 6.61 Å². The topological polar surface area (TPSA) is 80.6 Å². The Hall–Kier alpha value is -1.38. The number of hydrogen-bond acceptors (Lipinski definition) is 4. The van der Waals surface area contributed by atoms with Crippen LogP contribution in [0.15, 0.2) is 17.2 Å². The Kier molecular flexibility index (Phi) is 3.42. The van der Waals surface area contributed by atoms with E-state index in [1.807, 2.05) is 0 Å². The molecule has 0 radical (unpaired) electrons. The molecule has 1 aromatic heterocycles. The minimum absolute atomic E-state index is 0.0606. The summed E-state index contributed by atoms with van der Waals surface area (Å²) in [5.41, 5.74) is 0.287. The first-order valence-electron chi connectivity index (χ1n) is 5.51.